The van der Waals surface area contributed by atoms with Gasteiger partial charge in [-0.2, -0.15) is 0 Å². The van der Waals surface area contributed by atoms with Crippen molar-refractivity contribution in [3.05, 3.63) is 35.1 Å². The van der Waals surface area contributed by atoms with E-state index in [2.05, 4.69) is 27.4 Å². The van der Waals surface area contributed by atoms with Gasteiger partial charge in [0.25, 0.3) is 0 Å². The van der Waals surface area contributed by atoms with Gasteiger partial charge in [0.1, 0.15) is 5.82 Å². The van der Waals surface area contributed by atoms with Crippen LogP contribution in [0.4, 0.5) is 4.39 Å². The standard InChI is InChI=1S/C20H32FN5O/c1-5-26-10-6-7-17(26)13-23-20(24-14-19(27)25(3)4)22-12-16-9-8-15(2)18(21)11-16/h8-9,11,17H,5-7,10,12-14H2,1-4H3,(H2,22,23,24). The Morgan fingerprint density at radius 2 is 2.15 bits per heavy atom. The van der Waals surface area contributed by atoms with Crippen LogP contribution in [0.15, 0.2) is 23.2 Å². The lowest BCUT2D eigenvalue weighted by Crippen LogP contribution is -2.47. The molecule has 1 fully saturated rings. The zero-order valence-electron chi connectivity index (χ0n) is 16.9. The average Bonchev–Trinajstić information content (AvgIpc) is 3.11. The summed E-state index contributed by atoms with van der Waals surface area (Å²) in [4.78, 5) is 20.4. The third kappa shape index (κ3) is 6.50. The second kappa shape index (κ2) is 10.3. The summed E-state index contributed by atoms with van der Waals surface area (Å²) >= 11 is 0. The van der Waals surface area contributed by atoms with E-state index in [-0.39, 0.29) is 18.3 Å². The molecule has 1 atom stereocenters. The number of hydrogen-bond acceptors (Lipinski definition) is 3. The number of hydrogen-bond donors (Lipinski definition) is 2. The number of carbonyl (C=O) groups is 1. The fraction of sp³-hybridized carbons (Fsp3) is 0.600. The van der Waals surface area contributed by atoms with Gasteiger partial charge in [-0.05, 0) is 50.0 Å². The van der Waals surface area contributed by atoms with Crippen molar-refractivity contribution < 1.29 is 9.18 Å². The van der Waals surface area contributed by atoms with E-state index in [9.17, 15) is 9.18 Å². The van der Waals surface area contributed by atoms with Gasteiger partial charge in [-0.15, -0.1) is 0 Å². The van der Waals surface area contributed by atoms with Crippen LogP contribution in [-0.4, -0.2) is 68.0 Å². The van der Waals surface area contributed by atoms with E-state index in [1.807, 2.05) is 6.07 Å². The second-order valence-corrected chi connectivity index (χ2v) is 7.20. The van der Waals surface area contributed by atoms with Crippen LogP contribution in [-0.2, 0) is 11.3 Å². The van der Waals surface area contributed by atoms with E-state index in [1.165, 1.54) is 17.4 Å². The summed E-state index contributed by atoms with van der Waals surface area (Å²) in [5, 5.41) is 6.44. The van der Waals surface area contributed by atoms with Crippen LogP contribution in [0.2, 0.25) is 0 Å². The van der Waals surface area contributed by atoms with E-state index >= 15 is 0 Å². The van der Waals surface area contributed by atoms with E-state index in [0.717, 1.165) is 31.6 Å². The smallest absolute Gasteiger partial charge is 0.241 e. The molecule has 27 heavy (non-hydrogen) atoms. The summed E-state index contributed by atoms with van der Waals surface area (Å²) in [6.07, 6.45) is 2.37. The lowest BCUT2D eigenvalue weighted by atomic mass is 10.1. The lowest BCUT2D eigenvalue weighted by molar-refractivity contribution is -0.127. The van der Waals surface area contributed by atoms with Crippen LogP contribution < -0.4 is 10.6 Å². The maximum Gasteiger partial charge on any atom is 0.241 e. The topological polar surface area (TPSA) is 60.0 Å². The van der Waals surface area contributed by atoms with Crippen molar-refractivity contribution in [2.75, 3.05) is 40.3 Å². The Bertz CT molecular complexity index is 662. The molecule has 1 saturated heterocycles. The molecule has 0 radical (unpaired) electrons. The van der Waals surface area contributed by atoms with Crippen molar-refractivity contribution in [2.45, 2.75) is 39.3 Å². The van der Waals surface area contributed by atoms with Crippen molar-refractivity contribution >= 4 is 11.9 Å². The fourth-order valence-electron chi connectivity index (χ4n) is 3.15. The number of benzene rings is 1. The normalized spacial score (nSPS) is 17.8. The largest absolute Gasteiger partial charge is 0.355 e. The quantitative estimate of drug-likeness (QED) is 0.561. The fourth-order valence-corrected chi connectivity index (χ4v) is 3.15. The molecule has 7 heteroatoms. The lowest BCUT2D eigenvalue weighted by Gasteiger charge is -2.24. The molecule has 1 aliphatic rings. The summed E-state index contributed by atoms with van der Waals surface area (Å²) in [6, 6.07) is 5.62. The van der Waals surface area contributed by atoms with Gasteiger partial charge in [0.2, 0.25) is 5.91 Å². The number of likely N-dealkylation sites (N-methyl/N-ethyl adjacent to an activating group) is 2. The number of guanidine groups is 1. The van der Waals surface area contributed by atoms with Gasteiger partial charge in [-0.1, -0.05) is 19.1 Å². The molecule has 1 aromatic carbocycles. The minimum Gasteiger partial charge on any atom is -0.355 e. The Labute approximate surface area is 161 Å². The number of carbonyl (C=O) groups excluding carboxylic acids is 1. The van der Waals surface area contributed by atoms with Gasteiger partial charge < -0.3 is 15.5 Å². The maximum absolute atomic E-state index is 13.7. The minimum absolute atomic E-state index is 0.0260. The van der Waals surface area contributed by atoms with E-state index in [4.69, 9.17) is 0 Å². The summed E-state index contributed by atoms with van der Waals surface area (Å²) < 4.78 is 13.7. The third-order valence-electron chi connectivity index (χ3n) is 4.97. The molecule has 2 N–H and O–H groups in total. The summed E-state index contributed by atoms with van der Waals surface area (Å²) in [5.41, 5.74) is 1.42. The number of aliphatic imine (C=N–C) groups is 1. The summed E-state index contributed by atoms with van der Waals surface area (Å²) in [6.45, 7) is 7.38. The molecular formula is C20H32FN5O. The van der Waals surface area contributed by atoms with Gasteiger partial charge in [0.05, 0.1) is 13.1 Å². The third-order valence-corrected chi connectivity index (χ3v) is 4.97. The van der Waals surface area contributed by atoms with Crippen LogP contribution in [0.3, 0.4) is 0 Å². The first-order chi connectivity index (χ1) is 12.9. The second-order valence-electron chi connectivity index (χ2n) is 7.20. The predicted molar refractivity (Wildman–Crippen MR) is 107 cm³/mol. The Hall–Kier alpha value is -2.15. The average molecular weight is 378 g/mol. The number of amides is 1. The van der Waals surface area contributed by atoms with Crippen molar-refractivity contribution in [1.29, 1.82) is 0 Å². The molecule has 1 unspecified atom stereocenters. The molecule has 0 aliphatic carbocycles. The van der Waals surface area contributed by atoms with Gasteiger partial charge in [-0.3, -0.25) is 9.69 Å². The van der Waals surface area contributed by atoms with Gasteiger partial charge in [0.15, 0.2) is 5.96 Å². The molecule has 1 amide bonds. The van der Waals surface area contributed by atoms with Gasteiger partial charge in [0, 0.05) is 26.7 Å². The maximum atomic E-state index is 13.7. The van der Waals surface area contributed by atoms with Crippen LogP contribution in [0.5, 0.6) is 0 Å². The van der Waals surface area contributed by atoms with E-state index < -0.39 is 0 Å². The minimum atomic E-state index is -0.225. The highest BCUT2D eigenvalue weighted by atomic mass is 19.1. The van der Waals surface area contributed by atoms with Crippen LogP contribution in [0.1, 0.15) is 30.9 Å². The first-order valence-electron chi connectivity index (χ1n) is 9.62. The Balaban J connectivity index is 2.00. The van der Waals surface area contributed by atoms with E-state index in [0.29, 0.717) is 24.1 Å². The summed E-state index contributed by atoms with van der Waals surface area (Å²) in [5.74, 6) is 0.327. The first-order valence-corrected chi connectivity index (χ1v) is 9.62. The number of nitrogens with one attached hydrogen (secondary N) is 2. The van der Waals surface area contributed by atoms with Crippen molar-refractivity contribution in [2.24, 2.45) is 4.99 Å². The highest BCUT2D eigenvalue weighted by Gasteiger charge is 2.22. The number of likely N-dealkylation sites (tertiary alicyclic amines) is 1. The predicted octanol–water partition coefficient (Wildman–Crippen LogP) is 1.74. The highest BCUT2D eigenvalue weighted by molar-refractivity contribution is 5.86. The molecule has 0 spiro atoms. The molecule has 2 rings (SSSR count). The summed E-state index contributed by atoms with van der Waals surface area (Å²) in [7, 11) is 3.45. The number of aryl methyl sites for hydroxylation is 1. The molecule has 0 aromatic heterocycles. The monoisotopic (exact) mass is 377 g/mol. The molecule has 6 nitrogen and oxygen atoms in total. The number of rotatable bonds is 7. The molecule has 150 valence electrons. The molecule has 1 aliphatic heterocycles. The zero-order chi connectivity index (χ0) is 19.8. The molecular weight excluding hydrogens is 345 g/mol. The first kappa shape index (κ1) is 21.2. The molecule has 1 aromatic rings. The van der Waals surface area contributed by atoms with Crippen LogP contribution in [0, 0.1) is 12.7 Å². The van der Waals surface area contributed by atoms with Crippen molar-refractivity contribution in [3.8, 4) is 0 Å². The van der Waals surface area contributed by atoms with Gasteiger partial charge >= 0.3 is 0 Å². The Kier molecular flexibility index (Phi) is 8.03. The molecule has 1 heterocycles. The molecule has 0 saturated carbocycles. The van der Waals surface area contributed by atoms with Crippen molar-refractivity contribution in [3.63, 3.8) is 0 Å². The van der Waals surface area contributed by atoms with E-state index in [1.54, 1.807) is 27.1 Å². The van der Waals surface area contributed by atoms with Crippen LogP contribution in [0.25, 0.3) is 0 Å². The SMILES string of the molecule is CCN1CCCC1CNC(=NCc1ccc(C)c(F)c1)NCC(=O)N(C)C. The van der Waals surface area contributed by atoms with Crippen LogP contribution >= 0.6 is 0 Å². The Morgan fingerprint density at radius 3 is 2.81 bits per heavy atom. The Morgan fingerprint density at radius 1 is 1.37 bits per heavy atom. The molecule has 0 bridgehead atoms. The zero-order valence-corrected chi connectivity index (χ0v) is 16.9. The van der Waals surface area contributed by atoms with Crippen molar-refractivity contribution in [1.82, 2.24) is 20.4 Å². The number of halogens is 1. The number of nitrogens with zero attached hydrogens (tertiary/aromatic N) is 3. The van der Waals surface area contributed by atoms with Gasteiger partial charge in [-0.25, -0.2) is 9.38 Å². The highest BCUT2D eigenvalue weighted by Crippen LogP contribution is 2.15.